The molecule has 0 saturated heterocycles. The molecule has 0 spiro atoms. The van der Waals surface area contributed by atoms with E-state index < -0.39 is 10.7 Å². The van der Waals surface area contributed by atoms with Gasteiger partial charge in [-0.25, -0.2) is 4.39 Å². The summed E-state index contributed by atoms with van der Waals surface area (Å²) in [4.78, 5) is 24.3. The summed E-state index contributed by atoms with van der Waals surface area (Å²) in [5.74, 6) is -0.724. The third-order valence-corrected chi connectivity index (χ3v) is 3.56. The Bertz CT molecular complexity index is 764. The van der Waals surface area contributed by atoms with E-state index in [1.54, 1.807) is 13.0 Å². The minimum atomic E-state index is -0.550. The van der Waals surface area contributed by atoms with Crippen LogP contribution in [-0.4, -0.2) is 29.4 Å². The molecule has 0 bridgehead atoms. The number of ether oxygens (including phenoxy) is 1. The third kappa shape index (κ3) is 3.87. The van der Waals surface area contributed by atoms with Gasteiger partial charge in [0.2, 0.25) is 0 Å². The summed E-state index contributed by atoms with van der Waals surface area (Å²) in [5, 5.41) is 10.8. The van der Waals surface area contributed by atoms with Gasteiger partial charge < -0.3 is 9.64 Å². The van der Waals surface area contributed by atoms with Gasteiger partial charge in [-0.15, -0.1) is 0 Å². The normalized spacial score (nSPS) is 10.3. The zero-order valence-corrected chi connectivity index (χ0v) is 13.4. The quantitative estimate of drug-likeness (QED) is 0.600. The highest BCUT2D eigenvalue weighted by Gasteiger charge is 2.18. The van der Waals surface area contributed by atoms with Crippen molar-refractivity contribution in [2.45, 2.75) is 13.5 Å². The summed E-state index contributed by atoms with van der Waals surface area (Å²) in [5.41, 5.74) is 0.682. The molecule has 0 N–H and O–H groups in total. The highest BCUT2D eigenvalue weighted by Crippen LogP contribution is 2.20. The van der Waals surface area contributed by atoms with Gasteiger partial charge in [0.1, 0.15) is 0 Å². The molecule has 0 aliphatic rings. The summed E-state index contributed by atoms with van der Waals surface area (Å²) in [6.45, 7) is 2.36. The number of nitro groups is 1. The lowest BCUT2D eigenvalue weighted by molar-refractivity contribution is -0.384. The van der Waals surface area contributed by atoms with Crippen LogP contribution in [0.1, 0.15) is 22.8 Å². The minimum Gasteiger partial charge on any atom is -0.494 e. The number of hydrogen-bond acceptors (Lipinski definition) is 4. The Morgan fingerprint density at radius 2 is 2.04 bits per heavy atom. The first kappa shape index (κ1) is 17.4. The van der Waals surface area contributed by atoms with E-state index in [9.17, 15) is 19.3 Å². The zero-order chi connectivity index (χ0) is 17.7. The molecule has 2 aromatic carbocycles. The number of benzene rings is 2. The van der Waals surface area contributed by atoms with Crippen molar-refractivity contribution in [1.29, 1.82) is 0 Å². The third-order valence-electron chi connectivity index (χ3n) is 3.56. The molecule has 2 aromatic rings. The molecular formula is C17H17FN2O4. The molecule has 0 radical (unpaired) electrons. The maximum atomic E-state index is 13.8. The molecule has 1 amide bonds. The molecule has 0 heterocycles. The highest BCUT2D eigenvalue weighted by molar-refractivity contribution is 5.94. The van der Waals surface area contributed by atoms with Crippen LogP contribution in [-0.2, 0) is 6.54 Å². The van der Waals surface area contributed by atoms with Gasteiger partial charge in [0.05, 0.1) is 12.0 Å². The summed E-state index contributed by atoms with van der Waals surface area (Å²) in [6, 6.07) is 10.0. The fourth-order valence-corrected chi connectivity index (χ4v) is 2.29. The number of nitrogens with zero attached hydrogens (tertiary/aromatic N) is 2. The maximum absolute atomic E-state index is 13.8. The average Bonchev–Trinajstić information content (AvgIpc) is 2.59. The minimum absolute atomic E-state index is 0.131. The monoisotopic (exact) mass is 332 g/mol. The Kier molecular flexibility index (Phi) is 5.47. The molecular weight excluding hydrogens is 315 g/mol. The molecule has 2 rings (SSSR count). The number of nitro benzene ring substituents is 1. The van der Waals surface area contributed by atoms with Crippen molar-refractivity contribution in [3.63, 3.8) is 0 Å². The van der Waals surface area contributed by atoms with E-state index in [0.717, 1.165) is 0 Å². The number of halogens is 1. The molecule has 0 atom stereocenters. The molecule has 0 unspecified atom stereocenters. The Hall–Kier alpha value is -2.96. The Labute approximate surface area is 138 Å². The van der Waals surface area contributed by atoms with Crippen LogP contribution in [0.15, 0.2) is 42.5 Å². The van der Waals surface area contributed by atoms with Crippen LogP contribution in [0, 0.1) is 15.9 Å². The van der Waals surface area contributed by atoms with Gasteiger partial charge in [0, 0.05) is 30.8 Å². The number of carbonyl (C=O) groups is 1. The zero-order valence-electron chi connectivity index (χ0n) is 13.4. The smallest absolute Gasteiger partial charge is 0.270 e. The van der Waals surface area contributed by atoms with Crippen molar-refractivity contribution in [3.8, 4) is 5.75 Å². The van der Waals surface area contributed by atoms with Crippen LogP contribution < -0.4 is 4.74 Å². The van der Waals surface area contributed by atoms with Gasteiger partial charge in [0.15, 0.2) is 11.6 Å². The van der Waals surface area contributed by atoms with Crippen LogP contribution in [0.25, 0.3) is 0 Å². The van der Waals surface area contributed by atoms with Gasteiger partial charge in [-0.3, -0.25) is 14.9 Å². The van der Waals surface area contributed by atoms with Gasteiger partial charge >= 0.3 is 0 Å². The van der Waals surface area contributed by atoms with Crippen molar-refractivity contribution in [3.05, 3.63) is 69.5 Å². The fourth-order valence-electron chi connectivity index (χ4n) is 2.29. The van der Waals surface area contributed by atoms with Crippen molar-refractivity contribution in [2.24, 2.45) is 0 Å². The molecule has 0 saturated carbocycles. The Morgan fingerprint density at radius 1 is 1.29 bits per heavy atom. The van der Waals surface area contributed by atoms with Crippen LogP contribution in [0.3, 0.4) is 0 Å². The topological polar surface area (TPSA) is 72.7 Å². The Morgan fingerprint density at radius 3 is 2.62 bits per heavy atom. The Balaban J connectivity index is 2.21. The summed E-state index contributed by atoms with van der Waals surface area (Å²) in [6.07, 6.45) is 0. The van der Waals surface area contributed by atoms with Gasteiger partial charge in [-0.2, -0.15) is 0 Å². The first-order valence-corrected chi connectivity index (χ1v) is 7.32. The lowest BCUT2D eigenvalue weighted by atomic mass is 10.1. The first-order chi connectivity index (χ1) is 11.5. The van der Waals surface area contributed by atoms with Gasteiger partial charge in [0.25, 0.3) is 11.6 Å². The molecule has 0 aromatic heterocycles. The van der Waals surface area contributed by atoms with Gasteiger partial charge in [-0.05, 0) is 30.7 Å². The molecule has 0 aliphatic heterocycles. The van der Waals surface area contributed by atoms with Gasteiger partial charge in [-0.1, -0.05) is 12.1 Å². The van der Waals surface area contributed by atoms with Crippen LogP contribution in [0.5, 0.6) is 5.75 Å². The molecule has 126 valence electrons. The average molecular weight is 332 g/mol. The van der Waals surface area contributed by atoms with Crippen LogP contribution in [0.2, 0.25) is 0 Å². The lowest BCUT2D eigenvalue weighted by Crippen LogP contribution is -2.30. The van der Waals surface area contributed by atoms with E-state index in [1.165, 1.54) is 48.4 Å². The van der Waals surface area contributed by atoms with Crippen molar-refractivity contribution in [2.75, 3.05) is 13.7 Å². The van der Waals surface area contributed by atoms with E-state index in [-0.39, 0.29) is 29.5 Å². The molecule has 24 heavy (non-hydrogen) atoms. The second kappa shape index (κ2) is 7.54. The van der Waals surface area contributed by atoms with Crippen molar-refractivity contribution < 1.29 is 18.8 Å². The first-order valence-electron chi connectivity index (χ1n) is 7.32. The number of amides is 1. The molecule has 6 nitrogen and oxygen atoms in total. The second-order valence-corrected chi connectivity index (χ2v) is 5.10. The fraction of sp³-hybridized carbons (Fsp3) is 0.235. The van der Waals surface area contributed by atoms with E-state index in [2.05, 4.69) is 0 Å². The summed E-state index contributed by atoms with van der Waals surface area (Å²) in [7, 11) is 1.38. The maximum Gasteiger partial charge on any atom is 0.270 e. The largest absolute Gasteiger partial charge is 0.494 e. The summed E-state index contributed by atoms with van der Waals surface area (Å²) < 4.78 is 18.6. The highest BCUT2D eigenvalue weighted by atomic mass is 19.1. The van der Waals surface area contributed by atoms with Crippen molar-refractivity contribution in [1.82, 2.24) is 4.90 Å². The van der Waals surface area contributed by atoms with Crippen LogP contribution in [0.4, 0.5) is 10.1 Å². The van der Waals surface area contributed by atoms with E-state index in [4.69, 9.17) is 4.74 Å². The predicted octanol–water partition coefficient (Wildman–Crippen LogP) is 3.40. The second-order valence-electron chi connectivity index (χ2n) is 5.10. The number of rotatable bonds is 6. The lowest BCUT2D eigenvalue weighted by Gasteiger charge is -2.21. The number of methoxy groups -OCH3 is 1. The predicted molar refractivity (Wildman–Crippen MR) is 86.5 cm³/mol. The van der Waals surface area contributed by atoms with E-state index in [1.807, 2.05) is 0 Å². The summed E-state index contributed by atoms with van der Waals surface area (Å²) >= 11 is 0. The molecule has 0 aliphatic carbocycles. The standard InChI is InChI=1S/C17H17FN2O4/c1-3-19(11-12-7-8-16(24-2)15(18)9-12)17(21)13-5-4-6-14(10-13)20(22)23/h4-10H,3,11H2,1-2H3. The van der Waals surface area contributed by atoms with E-state index >= 15 is 0 Å². The molecule has 0 fully saturated rings. The van der Waals surface area contributed by atoms with Crippen LogP contribution >= 0.6 is 0 Å². The number of non-ortho nitro benzene ring substituents is 1. The van der Waals surface area contributed by atoms with E-state index in [0.29, 0.717) is 12.1 Å². The van der Waals surface area contributed by atoms with Crippen molar-refractivity contribution >= 4 is 11.6 Å². The SMILES string of the molecule is CCN(Cc1ccc(OC)c(F)c1)C(=O)c1cccc([N+](=O)[O-])c1. The number of hydrogen-bond donors (Lipinski definition) is 0. The number of carbonyl (C=O) groups excluding carboxylic acids is 1. The molecule has 7 heteroatoms.